The fraction of sp³-hybridized carbons (Fsp3) is 0.667. The van der Waals surface area contributed by atoms with E-state index in [1.54, 1.807) is 0 Å². The average molecular weight is 415 g/mol. The van der Waals surface area contributed by atoms with Crippen molar-refractivity contribution in [2.75, 3.05) is 44.6 Å². The van der Waals surface area contributed by atoms with Gasteiger partial charge >= 0.3 is 0 Å². The van der Waals surface area contributed by atoms with Gasteiger partial charge in [0.15, 0.2) is 0 Å². The maximum atomic E-state index is 12.5. The molecule has 1 saturated carbocycles. The molecule has 2 amide bonds. The van der Waals surface area contributed by atoms with Crippen molar-refractivity contribution in [2.45, 2.75) is 52.5 Å². The number of anilines is 1. The molecule has 3 atom stereocenters. The Morgan fingerprint density at radius 3 is 2.27 bits per heavy atom. The quantitative estimate of drug-likeness (QED) is 0.720. The van der Waals surface area contributed by atoms with Crippen LogP contribution in [-0.2, 0) is 16.0 Å². The predicted octanol–water partition coefficient (Wildman–Crippen LogP) is 2.75. The Hall–Kier alpha value is -1.92. The van der Waals surface area contributed by atoms with Gasteiger partial charge in [0.2, 0.25) is 11.8 Å². The van der Waals surface area contributed by atoms with Crippen molar-refractivity contribution < 1.29 is 9.59 Å². The van der Waals surface area contributed by atoms with Crippen LogP contribution in [0.2, 0.25) is 0 Å². The summed E-state index contributed by atoms with van der Waals surface area (Å²) in [6.07, 6.45) is 4.48. The molecule has 1 aromatic carbocycles. The first-order valence-electron chi connectivity index (χ1n) is 11.6. The maximum absolute atomic E-state index is 12.5. The first kappa shape index (κ1) is 22.8. The van der Waals surface area contributed by atoms with Gasteiger partial charge in [-0.25, -0.2) is 0 Å². The number of amides is 2. The largest absolute Gasteiger partial charge is 0.352 e. The Kier molecular flexibility index (Phi) is 8.28. The van der Waals surface area contributed by atoms with Gasteiger partial charge in [0.1, 0.15) is 0 Å². The number of carbonyl (C=O) groups excluding carboxylic acids is 2. The van der Waals surface area contributed by atoms with E-state index in [1.807, 2.05) is 24.3 Å². The minimum absolute atomic E-state index is 0.0301. The Bertz CT molecular complexity index is 715. The van der Waals surface area contributed by atoms with E-state index in [4.69, 9.17) is 0 Å². The summed E-state index contributed by atoms with van der Waals surface area (Å²) in [4.78, 5) is 29.4. The molecule has 3 unspecified atom stereocenters. The molecule has 1 heterocycles. The molecule has 1 aromatic rings. The summed E-state index contributed by atoms with van der Waals surface area (Å²) in [5, 5.41) is 6.32. The lowest BCUT2D eigenvalue weighted by Crippen LogP contribution is -2.52. The highest BCUT2D eigenvalue weighted by atomic mass is 16.2. The summed E-state index contributed by atoms with van der Waals surface area (Å²) in [6.45, 7) is 10.8. The third-order valence-corrected chi connectivity index (χ3v) is 6.92. The van der Waals surface area contributed by atoms with E-state index in [-0.39, 0.29) is 11.8 Å². The molecule has 166 valence electrons. The van der Waals surface area contributed by atoms with Gasteiger partial charge in [-0.3, -0.25) is 19.4 Å². The van der Waals surface area contributed by atoms with Crippen molar-refractivity contribution in [3.8, 4) is 0 Å². The minimum Gasteiger partial charge on any atom is -0.352 e. The molecule has 1 saturated heterocycles. The molecule has 2 aliphatic rings. The van der Waals surface area contributed by atoms with Crippen LogP contribution in [0.25, 0.3) is 0 Å². The second-order valence-electron chi connectivity index (χ2n) is 9.05. The monoisotopic (exact) mass is 414 g/mol. The molecule has 0 spiro atoms. The highest BCUT2D eigenvalue weighted by Crippen LogP contribution is 2.29. The number of rotatable bonds is 7. The minimum atomic E-state index is 0.0301. The number of nitrogens with one attached hydrogen (secondary N) is 2. The lowest BCUT2D eigenvalue weighted by Gasteiger charge is -2.36. The number of hydrogen-bond acceptors (Lipinski definition) is 4. The zero-order valence-electron chi connectivity index (χ0n) is 18.8. The molecule has 0 radical (unpaired) electrons. The first-order chi connectivity index (χ1) is 14.5. The summed E-state index contributed by atoms with van der Waals surface area (Å²) in [5.74, 6) is 1.41. The number of hydrogen-bond donors (Lipinski definition) is 2. The van der Waals surface area contributed by atoms with Crippen molar-refractivity contribution in [1.29, 1.82) is 0 Å². The van der Waals surface area contributed by atoms with E-state index in [9.17, 15) is 9.59 Å². The molecular weight excluding hydrogens is 376 g/mol. The van der Waals surface area contributed by atoms with Crippen LogP contribution in [0.4, 0.5) is 5.69 Å². The lowest BCUT2D eigenvalue weighted by molar-refractivity contribution is -0.124. The Morgan fingerprint density at radius 1 is 0.967 bits per heavy atom. The zero-order valence-corrected chi connectivity index (χ0v) is 18.8. The molecule has 3 rings (SSSR count). The summed E-state index contributed by atoms with van der Waals surface area (Å²) >= 11 is 0. The third kappa shape index (κ3) is 6.29. The normalized spacial score (nSPS) is 25.6. The van der Waals surface area contributed by atoms with E-state index < -0.39 is 0 Å². The molecule has 1 aliphatic heterocycles. The highest BCUT2D eigenvalue weighted by molar-refractivity contribution is 5.93. The number of benzene rings is 1. The SMILES string of the molecule is CCc1ccccc1NC(=O)CN1CCN(CC(=O)NC2CCCC(C)C2C)CC1. The van der Waals surface area contributed by atoms with Crippen molar-refractivity contribution >= 4 is 17.5 Å². The van der Waals surface area contributed by atoms with Crippen LogP contribution in [0.15, 0.2) is 24.3 Å². The molecular formula is C24H38N4O2. The predicted molar refractivity (Wildman–Crippen MR) is 121 cm³/mol. The molecule has 2 fully saturated rings. The molecule has 2 N–H and O–H groups in total. The van der Waals surface area contributed by atoms with E-state index in [0.717, 1.165) is 50.3 Å². The van der Waals surface area contributed by atoms with Crippen molar-refractivity contribution in [3.05, 3.63) is 29.8 Å². The fourth-order valence-electron chi connectivity index (χ4n) is 4.69. The van der Waals surface area contributed by atoms with Gasteiger partial charge in [0, 0.05) is 37.9 Å². The molecule has 6 heteroatoms. The molecule has 0 aromatic heterocycles. The van der Waals surface area contributed by atoms with Gasteiger partial charge in [0.05, 0.1) is 13.1 Å². The first-order valence-corrected chi connectivity index (χ1v) is 11.6. The summed E-state index contributed by atoms with van der Waals surface area (Å²) in [6, 6.07) is 8.28. The summed E-state index contributed by atoms with van der Waals surface area (Å²) in [5.41, 5.74) is 2.06. The maximum Gasteiger partial charge on any atom is 0.238 e. The Morgan fingerprint density at radius 2 is 1.60 bits per heavy atom. The summed E-state index contributed by atoms with van der Waals surface area (Å²) in [7, 11) is 0. The number of carbonyl (C=O) groups is 2. The van der Waals surface area contributed by atoms with Crippen LogP contribution in [0.1, 0.15) is 45.6 Å². The number of piperazine rings is 1. The Labute approximate surface area is 181 Å². The van der Waals surface area contributed by atoms with E-state index in [1.165, 1.54) is 12.8 Å². The smallest absolute Gasteiger partial charge is 0.238 e. The van der Waals surface area contributed by atoms with Gasteiger partial charge in [0.25, 0.3) is 0 Å². The van der Waals surface area contributed by atoms with Crippen LogP contribution >= 0.6 is 0 Å². The van der Waals surface area contributed by atoms with Crippen LogP contribution in [0.5, 0.6) is 0 Å². The van der Waals surface area contributed by atoms with Crippen LogP contribution in [-0.4, -0.2) is 66.9 Å². The average Bonchev–Trinajstić information content (AvgIpc) is 2.73. The fourth-order valence-corrected chi connectivity index (χ4v) is 4.69. The highest BCUT2D eigenvalue weighted by Gasteiger charge is 2.29. The van der Waals surface area contributed by atoms with Gasteiger partial charge in [-0.1, -0.05) is 51.8 Å². The topological polar surface area (TPSA) is 64.7 Å². The second-order valence-corrected chi connectivity index (χ2v) is 9.05. The zero-order chi connectivity index (χ0) is 21.5. The molecule has 30 heavy (non-hydrogen) atoms. The van der Waals surface area contributed by atoms with E-state index >= 15 is 0 Å². The standard InChI is InChI=1S/C24H38N4O2/c1-4-20-9-5-6-10-22(20)26-24(30)17-28-14-12-27(13-15-28)16-23(29)25-21-11-7-8-18(2)19(21)3/h5-6,9-10,18-19,21H,4,7-8,11-17H2,1-3H3,(H,25,29)(H,26,30). The van der Waals surface area contributed by atoms with Gasteiger partial charge < -0.3 is 10.6 Å². The second kappa shape index (κ2) is 10.9. The van der Waals surface area contributed by atoms with Gasteiger partial charge in [-0.05, 0) is 36.3 Å². The van der Waals surface area contributed by atoms with Crippen molar-refractivity contribution in [2.24, 2.45) is 11.8 Å². The number of para-hydroxylation sites is 1. The Balaban J connectivity index is 1.38. The molecule has 1 aliphatic carbocycles. The van der Waals surface area contributed by atoms with Crippen molar-refractivity contribution in [1.82, 2.24) is 15.1 Å². The third-order valence-electron chi connectivity index (χ3n) is 6.92. The molecule has 6 nitrogen and oxygen atoms in total. The summed E-state index contributed by atoms with van der Waals surface area (Å²) < 4.78 is 0. The van der Waals surface area contributed by atoms with Crippen LogP contribution < -0.4 is 10.6 Å². The van der Waals surface area contributed by atoms with Crippen molar-refractivity contribution in [3.63, 3.8) is 0 Å². The van der Waals surface area contributed by atoms with E-state index in [0.29, 0.717) is 31.0 Å². The lowest BCUT2D eigenvalue weighted by atomic mass is 9.78. The number of nitrogens with zero attached hydrogens (tertiary/aromatic N) is 2. The molecule has 0 bridgehead atoms. The van der Waals surface area contributed by atoms with Crippen LogP contribution in [0, 0.1) is 11.8 Å². The van der Waals surface area contributed by atoms with Gasteiger partial charge in [-0.15, -0.1) is 0 Å². The van der Waals surface area contributed by atoms with Gasteiger partial charge in [-0.2, -0.15) is 0 Å². The van der Waals surface area contributed by atoms with Crippen LogP contribution in [0.3, 0.4) is 0 Å². The van der Waals surface area contributed by atoms with E-state index in [2.05, 4.69) is 41.2 Å². The number of aryl methyl sites for hydroxylation is 1.